The van der Waals surface area contributed by atoms with E-state index in [4.69, 9.17) is 5.73 Å². The van der Waals surface area contributed by atoms with E-state index in [1.807, 2.05) is 0 Å². The minimum absolute atomic E-state index is 0.249. The lowest BCUT2D eigenvalue weighted by atomic mass is 9.85. The summed E-state index contributed by atoms with van der Waals surface area (Å²) < 4.78 is 0. The number of benzene rings is 1. The van der Waals surface area contributed by atoms with Crippen molar-refractivity contribution in [2.75, 3.05) is 0 Å². The van der Waals surface area contributed by atoms with Crippen molar-refractivity contribution in [1.82, 2.24) is 0 Å². The first-order valence-electron chi connectivity index (χ1n) is 7.43. The minimum Gasteiger partial charge on any atom is -0.324 e. The van der Waals surface area contributed by atoms with Crippen LogP contribution in [0.1, 0.15) is 87.1 Å². The second-order valence-electron chi connectivity index (χ2n) is 6.34. The Morgan fingerprint density at radius 1 is 1.06 bits per heavy atom. The Bertz CT molecular complexity index is 418. The molecule has 1 nitrogen and oxygen atoms in total. The Hall–Kier alpha value is -0.820. The average molecular weight is 245 g/mol. The predicted molar refractivity (Wildman–Crippen MR) is 79.1 cm³/mol. The summed E-state index contributed by atoms with van der Waals surface area (Å²) in [4.78, 5) is 0. The highest BCUT2D eigenvalue weighted by Gasteiger charge is 2.20. The van der Waals surface area contributed by atoms with Crippen molar-refractivity contribution >= 4 is 0 Å². The van der Waals surface area contributed by atoms with Crippen LogP contribution in [0.2, 0.25) is 0 Å². The van der Waals surface area contributed by atoms with Gasteiger partial charge in [-0.25, -0.2) is 0 Å². The van der Waals surface area contributed by atoms with E-state index in [0.717, 1.165) is 6.42 Å². The fourth-order valence-corrected chi connectivity index (χ4v) is 3.03. The molecule has 0 amide bonds. The predicted octanol–water partition coefficient (Wildman–Crippen LogP) is 4.66. The molecule has 0 saturated heterocycles. The van der Waals surface area contributed by atoms with Gasteiger partial charge in [0.25, 0.3) is 0 Å². The van der Waals surface area contributed by atoms with Crippen LogP contribution in [-0.2, 0) is 6.42 Å². The minimum atomic E-state index is 0.249. The lowest BCUT2D eigenvalue weighted by molar-refractivity contribution is 0.614. The van der Waals surface area contributed by atoms with Crippen molar-refractivity contribution < 1.29 is 0 Å². The Morgan fingerprint density at radius 3 is 2.39 bits per heavy atom. The molecule has 0 aromatic heterocycles. The number of rotatable bonds is 2. The summed E-state index contributed by atoms with van der Waals surface area (Å²) in [7, 11) is 0. The second kappa shape index (κ2) is 5.44. The van der Waals surface area contributed by atoms with Crippen LogP contribution in [0.25, 0.3) is 0 Å². The molecule has 0 aliphatic heterocycles. The highest BCUT2D eigenvalue weighted by Crippen LogP contribution is 2.35. The molecule has 1 aromatic rings. The lowest BCUT2D eigenvalue weighted by Gasteiger charge is -2.22. The summed E-state index contributed by atoms with van der Waals surface area (Å²) in [6.07, 6.45) is 4.92. The molecule has 1 aliphatic rings. The van der Waals surface area contributed by atoms with Crippen LogP contribution in [0.4, 0.5) is 0 Å². The maximum Gasteiger partial charge on any atom is 0.0297 e. The van der Waals surface area contributed by atoms with Gasteiger partial charge in [-0.1, -0.05) is 46.2 Å². The van der Waals surface area contributed by atoms with Crippen LogP contribution in [0.15, 0.2) is 12.1 Å². The molecule has 0 bridgehead atoms. The first-order chi connectivity index (χ1) is 8.50. The van der Waals surface area contributed by atoms with Crippen LogP contribution in [0.5, 0.6) is 0 Å². The van der Waals surface area contributed by atoms with Crippen LogP contribution in [0.3, 0.4) is 0 Å². The van der Waals surface area contributed by atoms with Gasteiger partial charge in [0, 0.05) is 6.04 Å². The third kappa shape index (κ3) is 2.61. The molecule has 0 heterocycles. The normalized spacial score (nSPS) is 20.1. The second-order valence-corrected chi connectivity index (χ2v) is 6.34. The van der Waals surface area contributed by atoms with Gasteiger partial charge in [-0.15, -0.1) is 0 Å². The quantitative estimate of drug-likeness (QED) is 0.753. The number of hydrogen-bond donors (Lipinski definition) is 1. The Kier molecular flexibility index (Phi) is 4.11. The third-order valence-electron chi connectivity index (χ3n) is 4.22. The molecule has 0 radical (unpaired) electrons. The zero-order valence-electron chi connectivity index (χ0n) is 12.3. The van der Waals surface area contributed by atoms with Gasteiger partial charge in [0.05, 0.1) is 0 Å². The molecular formula is C17H27N. The number of fused-ring (bicyclic) bond motifs is 1. The number of nitrogens with two attached hydrogens (primary N) is 1. The molecule has 0 spiro atoms. The zero-order chi connectivity index (χ0) is 13.3. The first-order valence-corrected chi connectivity index (χ1v) is 7.43. The first kappa shape index (κ1) is 13.6. The lowest BCUT2D eigenvalue weighted by Crippen LogP contribution is -2.13. The van der Waals surface area contributed by atoms with E-state index < -0.39 is 0 Å². The van der Waals surface area contributed by atoms with Gasteiger partial charge >= 0.3 is 0 Å². The summed E-state index contributed by atoms with van der Waals surface area (Å²) in [5, 5.41) is 0. The fourth-order valence-electron chi connectivity index (χ4n) is 3.03. The highest BCUT2D eigenvalue weighted by molar-refractivity contribution is 5.44. The molecule has 1 atom stereocenters. The van der Waals surface area contributed by atoms with Crippen LogP contribution in [0, 0.1) is 0 Å². The van der Waals surface area contributed by atoms with Crippen molar-refractivity contribution in [3.8, 4) is 0 Å². The standard InChI is InChI=1S/C17H27N/c1-11(2)13-9-15(12(3)4)14-7-5-6-8-17(18)16(14)10-13/h9-12,17H,5-8,18H2,1-4H3/t17-/m0/s1. The largest absolute Gasteiger partial charge is 0.324 e. The summed E-state index contributed by atoms with van der Waals surface area (Å²) in [5.41, 5.74) is 12.4. The summed E-state index contributed by atoms with van der Waals surface area (Å²) in [6, 6.07) is 5.05. The molecule has 1 heteroatoms. The van der Waals surface area contributed by atoms with Crippen LogP contribution < -0.4 is 5.73 Å². The zero-order valence-corrected chi connectivity index (χ0v) is 12.3. The van der Waals surface area contributed by atoms with Gasteiger partial charge in [0.1, 0.15) is 0 Å². The number of hydrogen-bond acceptors (Lipinski definition) is 1. The Balaban J connectivity index is 2.58. The van der Waals surface area contributed by atoms with E-state index in [1.54, 1.807) is 5.56 Å². The molecule has 18 heavy (non-hydrogen) atoms. The fraction of sp³-hybridized carbons (Fsp3) is 0.647. The van der Waals surface area contributed by atoms with Gasteiger partial charge in [-0.3, -0.25) is 0 Å². The highest BCUT2D eigenvalue weighted by atomic mass is 14.6. The van der Waals surface area contributed by atoms with Gasteiger partial charge < -0.3 is 5.73 Å². The van der Waals surface area contributed by atoms with E-state index in [-0.39, 0.29) is 6.04 Å². The van der Waals surface area contributed by atoms with E-state index in [1.165, 1.54) is 36.0 Å². The van der Waals surface area contributed by atoms with Gasteiger partial charge in [0.2, 0.25) is 0 Å². The van der Waals surface area contributed by atoms with E-state index in [9.17, 15) is 0 Å². The van der Waals surface area contributed by atoms with Crippen molar-refractivity contribution in [3.63, 3.8) is 0 Å². The Labute approximate surface area is 112 Å². The molecule has 0 unspecified atom stereocenters. The topological polar surface area (TPSA) is 26.0 Å². The van der Waals surface area contributed by atoms with Crippen LogP contribution >= 0.6 is 0 Å². The van der Waals surface area contributed by atoms with E-state index in [2.05, 4.69) is 39.8 Å². The molecule has 1 aliphatic carbocycles. The smallest absolute Gasteiger partial charge is 0.0297 e. The average Bonchev–Trinajstić information content (AvgIpc) is 2.50. The van der Waals surface area contributed by atoms with Gasteiger partial charge in [0.15, 0.2) is 0 Å². The van der Waals surface area contributed by atoms with Crippen molar-refractivity contribution in [2.24, 2.45) is 5.73 Å². The van der Waals surface area contributed by atoms with Gasteiger partial charge in [-0.2, -0.15) is 0 Å². The van der Waals surface area contributed by atoms with Gasteiger partial charge in [-0.05, 0) is 53.4 Å². The molecule has 2 N–H and O–H groups in total. The molecule has 100 valence electrons. The van der Waals surface area contributed by atoms with Crippen LogP contribution in [-0.4, -0.2) is 0 Å². The van der Waals surface area contributed by atoms with Crippen molar-refractivity contribution in [2.45, 2.75) is 71.3 Å². The Morgan fingerprint density at radius 2 is 1.78 bits per heavy atom. The maximum atomic E-state index is 6.38. The SMILES string of the molecule is CC(C)c1cc(C(C)C)c2c(c1)[C@@H](N)CCCC2. The summed E-state index contributed by atoms with van der Waals surface area (Å²) >= 11 is 0. The monoisotopic (exact) mass is 245 g/mol. The van der Waals surface area contributed by atoms with E-state index >= 15 is 0 Å². The third-order valence-corrected chi connectivity index (χ3v) is 4.22. The van der Waals surface area contributed by atoms with E-state index in [0.29, 0.717) is 11.8 Å². The van der Waals surface area contributed by atoms with Crippen molar-refractivity contribution in [3.05, 3.63) is 34.4 Å². The molecule has 0 fully saturated rings. The summed E-state index contributed by atoms with van der Waals surface area (Å²) in [6.45, 7) is 9.15. The molecule has 2 rings (SSSR count). The summed E-state index contributed by atoms with van der Waals surface area (Å²) in [5.74, 6) is 1.19. The molecule has 1 aromatic carbocycles. The van der Waals surface area contributed by atoms with Crippen molar-refractivity contribution in [1.29, 1.82) is 0 Å². The molecular weight excluding hydrogens is 218 g/mol. The maximum absolute atomic E-state index is 6.38. The molecule has 0 saturated carbocycles.